The third kappa shape index (κ3) is 3.69. The minimum atomic E-state index is -0.470. The average molecular weight is 534 g/mol. The first-order chi connectivity index (χ1) is 17.8. The van der Waals surface area contributed by atoms with Crippen LogP contribution in [0.25, 0.3) is 27.8 Å². The summed E-state index contributed by atoms with van der Waals surface area (Å²) in [6.45, 7) is 0.314. The summed E-state index contributed by atoms with van der Waals surface area (Å²) in [7, 11) is 3.04. The Balaban J connectivity index is 1.46. The van der Waals surface area contributed by atoms with Gasteiger partial charge in [-0.05, 0) is 23.8 Å². The number of nitrogens with one attached hydrogen (secondary N) is 1. The summed E-state index contributed by atoms with van der Waals surface area (Å²) in [4.78, 5) is 42.3. The van der Waals surface area contributed by atoms with Crippen molar-refractivity contribution in [1.82, 2.24) is 33.3 Å². The lowest BCUT2D eigenvalue weighted by molar-refractivity contribution is 0.102. The molecule has 0 radical (unpaired) electrons. The maximum Gasteiger partial charge on any atom is 0.332 e. The van der Waals surface area contributed by atoms with Crippen molar-refractivity contribution in [2.75, 3.05) is 5.75 Å². The number of Topliss-reactive ketones (excluding diaryl/α,β-unsaturated/α-hetero) is 1. The van der Waals surface area contributed by atoms with Gasteiger partial charge in [0.2, 0.25) is 5.78 Å². The Morgan fingerprint density at radius 2 is 1.78 bits per heavy atom. The summed E-state index contributed by atoms with van der Waals surface area (Å²) in [6.07, 6.45) is 1.71. The molecule has 2 aromatic carbocycles. The van der Waals surface area contributed by atoms with Crippen LogP contribution >= 0.6 is 23.4 Å². The summed E-state index contributed by atoms with van der Waals surface area (Å²) in [5.74, 6) is 0.421. The van der Waals surface area contributed by atoms with Crippen molar-refractivity contribution in [2.24, 2.45) is 14.1 Å². The van der Waals surface area contributed by atoms with E-state index in [9.17, 15) is 14.4 Å². The smallest absolute Gasteiger partial charge is 0.332 e. The van der Waals surface area contributed by atoms with Gasteiger partial charge in [0.15, 0.2) is 22.1 Å². The quantitative estimate of drug-likeness (QED) is 0.260. The highest BCUT2D eigenvalue weighted by molar-refractivity contribution is 7.99. The summed E-state index contributed by atoms with van der Waals surface area (Å²) in [5, 5.41) is 10.5. The van der Waals surface area contributed by atoms with Gasteiger partial charge in [-0.15, -0.1) is 10.2 Å². The molecule has 0 aliphatic carbocycles. The number of para-hydroxylation sites is 1. The Kier molecular flexibility index (Phi) is 5.54. The van der Waals surface area contributed by atoms with E-state index >= 15 is 0 Å². The molecule has 37 heavy (non-hydrogen) atoms. The van der Waals surface area contributed by atoms with E-state index in [1.165, 1.54) is 23.4 Å². The van der Waals surface area contributed by atoms with Gasteiger partial charge in [0.25, 0.3) is 5.56 Å². The first kappa shape index (κ1) is 23.3. The highest BCUT2D eigenvalue weighted by atomic mass is 35.5. The van der Waals surface area contributed by atoms with E-state index in [-0.39, 0.29) is 11.5 Å². The van der Waals surface area contributed by atoms with Crippen molar-refractivity contribution in [1.29, 1.82) is 0 Å². The molecule has 0 atom stereocenters. The lowest BCUT2D eigenvalue weighted by Crippen LogP contribution is -2.37. The number of nitrogens with zero attached hydrogens (tertiary/aromatic N) is 6. The van der Waals surface area contributed by atoms with Crippen molar-refractivity contribution in [3.63, 3.8) is 0 Å². The molecule has 12 heteroatoms. The molecular weight excluding hydrogens is 514 g/mol. The van der Waals surface area contributed by atoms with E-state index in [0.29, 0.717) is 39.2 Å². The van der Waals surface area contributed by atoms with Gasteiger partial charge < -0.3 is 4.98 Å². The van der Waals surface area contributed by atoms with Crippen molar-refractivity contribution >= 4 is 57.0 Å². The van der Waals surface area contributed by atoms with Gasteiger partial charge in [0.05, 0.1) is 12.3 Å². The number of carbonyl (C=O) groups excluding carboxylic acids is 1. The van der Waals surface area contributed by atoms with Gasteiger partial charge in [0, 0.05) is 41.8 Å². The number of imidazole rings is 1. The molecule has 0 unspecified atom stereocenters. The minimum Gasteiger partial charge on any atom is -0.360 e. The van der Waals surface area contributed by atoms with Gasteiger partial charge in [-0.1, -0.05) is 53.7 Å². The van der Waals surface area contributed by atoms with Gasteiger partial charge in [-0.3, -0.25) is 23.3 Å². The Morgan fingerprint density at radius 1 is 1.03 bits per heavy atom. The summed E-state index contributed by atoms with van der Waals surface area (Å²) in [6, 6.07) is 14.9. The second-order valence-corrected chi connectivity index (χ2v) is 10.0. The van der Waals surface area contributed by atoms with E-state index in [1.54, 1.807) is 34.3 Å². The van der Waals surface area contributed by atoms with E-state index < -0.39 is 11.2 Å². The molecule has 0 bridgehead atoms. The number of rotatable bonds is 6. The maximum atomic E-state index is 13.3. The molecule has 0 fully saturated rings. The first-order valence-electron chi connectivity index (χ1n) is 11.3. The molecule has 1 N–H and O–H groups in total. The Morgan fingerprint density at radius 3 is 2.57 bits per heavy atom. The van der Waals surface area contributed by atoms with Gasteiger partial charge in [-0.25, -0.2) is 9.20 Å². The van der Waals surface area contributed by atoms with Crippen LogP contribution in [-0.4, -0.2) is 44.8 Å². The standard InChI is InChI=1S/C25H20ClN7O3S/c1-30-21-20(22(35)31(2)25(30)36)32(12-14-7-9-15(26)10-8-14)23-28-29-24(33(21)23)37-13-19(34)17-11-27-18-6-4-3-5-16(17)18/h3-11,27H,12-13H2,1-2H3. The predicted molar refractivity (Wildman–Crippen MR) is 143 cm³/mol. The zero-order valence-corrected chi connectivity index (χ0v) is 21.4. The van der Waals surface area contributed by atoms with Crippen LogP contribution in [-0.2, 0) is 20.6 Å². The van der Waals surface area contributed by atoms with Crippen LogP contribution in [0.4, 0.5) is 0 Å². The van der Waals surface area contributed by atoms with Crippen LogP contribution in [0.5, 0.6) is 0 Å². The Bertz CT molecular complexity index is 1960. The van der Waals surface area contributed by atoms with Crippen molar-refractivity contribution in [3.05, 3.63) is 91.7 Å². The second kappa shape index (κ2) is 8.79. The van der Waals surface area contributed by atoms with E-state index in [1.807, 2.05) is 36.4 Å². The molecule has 0 saturated heterocycles. The number of H-pyrrole nitrogens is 1. The second-order valence-electron chi connectivity index (χ2n) is 8.67. The van der Waals surface area contributed by atoms with Gasteiger partial charge >= 0.3 is 5.69 Å². The maximum absolute atomic E-state index is 13.3. The van der Waals surface area contributed by atoms with Crippen LogP contribution in [0, 0.1) is 0 Å². The van der Waals surface area contributed by atoms with Crippen LogP contribution in [0.2, 0.25) is 5.02 Å². The highest BCUT2D eigenvalue weighted by Crippen LogP contribution is 2.26. The number of halogens is 1. The van der Waals surface area contributed by atoms with E-state index in [2.05, 4.69) is 15.2 Å². The lowest BCUT2D eigenvalue weighted by atomic mass is 10.1. The van der Waals surface area contributed by atoms with Crippen molar-refractivity contribution < 1.29 is 4.79 Å². The number of aromatic amines is 1. The van der Waals surface area contributed by atoms with Crippen molar-refractivity contribution in [3.8, 4) is 0 Å². The average Bonchev–Trinajstić information content (AvgIpc) is 3.60. The molecule has 6 aromatic rings. The monoisotopic (exact) mass is 533 g/mol. The number of thioether (sulfide) groups is 1. The number of ketones is 1. The molecule has 0 spiro atoms. The minimum absolute atomic E-state index is 0.0751. The number of aromatic nitrogens is 7. The third-order valence-electron chi connectivity index (χ3n) is 6.43. The van der Waals surface area contributed by atoms with Crippen LogP contribution in [0.15, 0.2) is 69.5 Å². The van der Waals surface area contributed by atoms with Crippen LogP contribution < -0.4 is 11.2 Å². The molecule has 0 saturated carbocycles. The molecule has 6 rings (SSSR count). The van der Waals surface area contributed by atoms with Crippen LogP contribution in [0.3, 0.4) is 0 Å². The SMILES string of the molecule is Cn1c(=O)c2c(n(C)c1=O)n1c(SCC(=O)c3c[nH]c4ccccc34)nnc1n2Cc1ccc(Cl)cc1. The zero-order valence-electron chi connectivity index (χ0n) is 19.8. The number of carbonyl (C=O) groups is 1. The normalized spacial score (nSPS) is 11.8. The molecule has 186 valence electrons. The predicted octanol–water partition coefficient (Wildman–Crippen LogP) is 3.24. The lowest BCUT2D eigenvalue weighted by Gasteiger charge is -2.08. The molecular formula is C25H20ClN7O3S. The zero-order chi connectivity index (χ0) is 25.8. The van der Waals surface area contributed by atoms with Crippen LogP contribution in [0.1, 0.15) is 15.9 Å². The Hall–Kier alpha value is -4.09. The number of hydrogen-bond donors (Lipinski definition) is 1. The van der Waals surface area contributed by atoms with Crippen molar-refractivity contribution in [2.45, 2.75) is 11.7 Å². The molecule has 4 aromatic heterocycles. The molecule has 0 aliphatic heterocycles. The highest BCUT2D eigenvalue weighted by Gasteiger charge is 2.24. The molecule has 0 aliphatic rings. The van der Waals surface area contributed by atoms with E-state index in [4.69, 9.17) is 11.6 Å². The van der Waals surface area contributed by atoms with Gasteiger partial charge in [0.1, 0.15) is 0 Å². The van der Waals surface area contributed by atoms with Gasteiger partial charge in [-0.2, -0.15) is 0 Å². The summed E-state index contributed by atoms with van der Waals surface area (Å²) < 4.78 is 5.87. The largest absolute Gasteiger partial charge is 0.360 e. The number of fused-ring (bicyclic) bond motifs is 4. The number of aryl methyl sites for hydroxylation is 1. The molecule has 4 heterocycles. The fourth-order valence-corrected chi connectivity index (χ4v) is 5.49. The fourth-order valence-electron chi connectivity index (χ4n) is 4.56. The summed E-state index contributed by atoms with van der Waals surface area (Å²) >= 11 is 7.25. The molecule has 0 amide bonds. The van der Waals surface area contributed by atoms with E-state index in [0.717, 1.165) is 21.0 Å². The summed E-state index contributed by atoms with van der Waals surface area (Å²) in [5.41, 5.74) is 2.14. The third-order valence-corrected chi connectivity index (χ3v) is 7.61. The fraction of sp³-hybridized carbons (Fsp3) is 0.160. The number of hydrogen-bond acceptors (Lipinski definition) is 6. The topological polar surface area (TPSA) is 112 Å². The first-order valence-corrected chi connectivity index (χ1v) is 12.7. The number of benzene rings is 2. The Labute approximate surface area is 218 Å². The molecule has 10 nitrogen and oxygen atoms in total.